The summed E-state index contributed by atoms with van der Waals surface area (Å²) >= 11 is 0. The number of nitrogens with zero attached hydrogens (tertiary/aromatic N) is 2. The Hall–Kier alpha value is -1.23. The van der Waals surface area contributed by atoms with E-state index in [1.54, 1.807) is 6.20 Å². The average molecular weight is 363 g/mol. The first-order valence-corrected chi connectivity index (χ1v) is 10.4. The molecule has 3 aliphatic rings. The SMILES string of the molecule is CC(=N[S@](=O)C(C)(C)C)c1ccc(OCC23CCC(CC2)CC3)cn1. The van der Waals surface area contributed by atoms with Crippen LogP contribution in [0.4, 0.5) is 0 Å². The molecule has 25 heavy (non-hydrogen) atoms. The quantitative estimate of drug-likeness (QED) is 0.713. The zero-order valence-corrected chi connectivity index (χ0v) is 16.7. The van der Waals surface area contributed by atoms with Crippen LogP contribution >= 0.6 is 0 Å². The van der Waals surface area contributed by atoms with Gasteiger partial charge >= 0.3 is 0 Å². The van der Waals surface area contributed by atoms with Crippen molar-refractivity contribution in [2.75, 3.05) is 6.61 Å². The third-order valence-electron chi connectivity index (χ3n) is 5.64. The molecule has 0 aliphatic heterocycles. The van der Waals surface area contributed by atoms with Gasteiger partial charge < -0.3 is 4.74 Å². The van der Waals surface area contributed by atoms with Crippen molar-refractivity contribution in [2.45, 2.75) is 71.0 Å². The van der Waals surface area contributed by atoms with Gasteiger partial charge in [-0.1, -0.05) is 0 Å². The number of hydrogen-bond donors (Lipinski definition) is 0. The Labute approximate surface area is 154 Å². The van der Waals surface area contributed by atoms with Gasteiger partial charge in [-0.15, -0.1) is 0 Å². The Balaban J connectivity index is 1.60. The normalized spacial score (nSPS) is 28.0. The van der Waals surface area contributed by atoms with Gasteiger partial charge in [0.15, 0.2) is 0 Å². The van der Waals surface area contributed by atoms with Crippen molar-refractivity contribution < 1.29 is 8.95 Å². The lowest BCUT2D eigenvalue weighted by atomic mass is 9.61. The van der Waals surface area contributed by atoms with Gasteiger partial charge in [0.05, 0.1) is 29.0 Å². The molecule has 1 aromatic heterocycles. The Bertz CT molecular complexity index is 639. The van der Waals surface area contributed by atoms with E-state index in [1.807, 2.05) is 39.8 Å². The van der Waals surface area contributed by atoms with Gasteiger partial charge in [-0.05, 0) is 84.3 Å². The Kier molecular flexibility index (Phi) is 5.33. The molecule has 0 saturated heterocycles. The molecule has 4 nitrogen and oxygen atoms in total. The molecule has 3 fully saturated rings. The molecule has 3 aliphatic carbocycles. The van der Waals surface area contributed by atoms with Crippen LogP contribution in [0.3, 0.4) is 0 Å². The molecule has 5 heteroatoms. The number of pyridine rings is 1. The molecule has 0 unspecified atom stereocenters. The number of rotatable bonds is 5. The van der Waals surface area contributed by atoms with Crippen LogP contribution in [-0.2, 0) is 11.0 Å². The third-order valence-corrected chi connectivity index (χ3v) is 7.13. The summed E-state index contributed by atoms with van der Waals surface area (Å²) in [6.45, 7) is 8.42. The summed E-state index contributed by atoms with van der Waals surface area (Å²) in [4.78, 5) is 4.45. The summed E-state index contributed by atoms with van der Waals surface area (Å²) in [5.41, 5.74) is 1.85. The molecule has 2 bridgehead atoms. The largest absolute Gasteiger partial charge is 0.491 e. The van der Waals surface area contributed by atoms with Crippen LogP contribution in [0, 0.1) is 11.3 Å². The molecule has 0 aromatic carbocycles. The van der Waals surface area contributed by atoms with E-state index >= 15 is 0 Å². The summed E-state index contributed by atoms with van der Waals surface area (Å²) in [6.07, 6.45) is 9.83. The minimum atomic E-state index is -1.27. The van der Waals surface area contributed by atoms with E-state index in [1.165, 1.54) is 38.5 Å². The van der Waals surface area contributed by atoms with Crippen molar-refractivity contribution in [3.63, 3.8) is 0 Å². The zero-order valence-electron chi connectivity index (χ0n) is 15.9. The molecular formula is C20H30N2O2S. The summed E-state index contributed by atoms with van der Waals surface area (Å²) in [6, 6.07) is 3.86. The van der Waals surface area contributed by atoms with Crippen LogP contribution in [0.15, 0.2) is 22.7 Å². The van der Waals surface area contributed by atoms with Gasteiger partial charge in [0.1, 0.15) is 16.7 Å². The molecule has 0 spiro atoms. The monoisotopic (exact) mass is 362 g/mol. The standard InChI is InChI=1S/C20H30N2O2S/c1-15(22-25(23)19(2,3)4)18-6-5-17(13-21-18)24-14-20-10-7-16(8-11-20)9-12-20/h5-6,13,16H,7-12,14H2,1-4H3/t16?,20?,25-/m1/s1. The van der Waals surface area contributed by atoms with Gasteiger partial charge in [0.25, 0.3) is 0 Å². The molecule has 1 heterocycles. The highest BCUT2D eigenvalue weighted by atomic mass is 32.2. The summed E-state index contributed by atoms with van der Waals surface area (Å²) in [5.74, 6) is 1.79. The first-order chi connectivity index (χ1) is 11.8. The van der Waals surface area contributed by atoms with Crippen LogP contribution in [0.25, 0.3) is 0 Å². The van der Waals surface area contributed by atoms with Gasteiger partial charge in [0, 0.05) is 5.41 Å². The Morgan fingerprint density at radius 2 is 1.92 bits per heavy atom. The Morgan fingerprint density at radius 3 is 2.44 bits per heavy atom. The minimum Gasteiger partial charge on any atom is -0.491 e. The second-order valence-electron chi connectivity index (χ2n) is 8.69. The smallest absolute Gasteiger partial charge is 0.145 e. The minimum absolute atomic E-state index is 0.359. The second-order valence-corrected chi connectivity index (χ2v) is 10.6. The fourth-order valence-electron chi connectivity index (χ4n) is 3.78. The van der Waals surface area contributed by atoms with E-state index in [0.29, 0.717) is 11.1 Å². The highest BCUT2D eigenvalue weighted by molar-refractivity contribution is 7.85. The van der Waals surface area contributed by atoms with E-state index < -0.39 is 11.0 Å². The molecule has 1 atom stereocenters. The number of fused-ring (bicyclic) bond motifs is 3. The Morgan fingerprint density at radius 1 is 1.28 bits per heavy atom. The summed E-state index contributed by atoms with van der Waals surface area (Å²) in [5, 5.41) is 0. The predicted molar refractivity (Wildman–Crippen MR) is 103 cm³/mol. The van der Waals surface area contributed by atoms with E-state index in [9.17, 15) is 4.21 Å². The lowest BCUT2D eigenvalue weighted by Gasteiger charge is -2.46. The highest BCUT2D eigenvalue weighted by Gasteiger charge is 2.40. The number of hydrogen-bond acceptors (Lipinski definition) is 3. The first-order valence-electron chi connectivity index (χ1n) is 9.34. The molecule has 0 radical (unpaired) electrons. The number of aromatic nitrogens is 1. The molecule has 138 valence electrons. The van der Waals surface area contributed by atoms with Crippen LogP contribution in [-0.4, -0.2) is 26.3 Å². The molecule has 1 aromatic rings. The number of ether oxygens (including phenoxy) is 1. The van der Waals surface area contributed by atoms with Crippen molar-refractivity contribution in [1.29, 1.82) is 0 Å². The fraction of sp³-hybridized carbons (Fsp3) is 0.700. The van der Waals surface area contributed by atoms with Crippen LogP contribution < -0.4 is 4.74 Å². The third kappa shape index (κ3) is 4.49. The maximum atomic E-state index is 12.1. The maximum Gasteiger partial charge on any atom is 0.145 e. The fourth-order valence-corrected chi connectivity index (χ4v) is 4.40. The predicted octanol–water partition coefficient (Wildman–Crippen LogP) is 4.70. The molecule has 0 N–H and O–H groups in total. The van der Waals surface area contributed by atoms with E-state index in [4.69, 9.17) is 4.74 Å². The van der Waals surface area contributed by atoms with Gasteiger partial charge in [-0.3, -0.25) is 4.98 Å². The second kappa shape index (κ2) is 7.18. The molecule has 4 rings (SSSR count). The van der Waals surface area contributed by atoms with Gasteiger partial charge in [-0.2, -0.15) is 4.40 Å². The average Bonchev–Trinajstić information content (AvgIpc) is 2.61. The van der Waals surface area contributed by atoms with Crippen molar-refractivity contribution in [3.05, 3.63) is 24.0 Å². The zero-order chi connectivity index (χ0) is 18.1. The van der Waals surface area contributed by atoms with Crippen molar-refractivity contribution >= 4 is 16.7 Å². The van der Waals surface area contributed by atoms with Crippen LogP contribution in [0.2, 0.25) is 0 Å². The van der Waals surface area contributed by atoms with Crippen LogP contribution in [0.5, 0.6) is 5.75 Å². The molecule has 0 amide bonds. The van der Waals surface area contributed by atoms with Crippen molar-refractivity contribution in [3.8, 4) is 5.75 Å². The maximum absolute atomic E-state index is 12.1. The van der Waals surface area contributed by atoms with Crippen LogP contribution in [0.1, 0.15) is 71.9 Å². The lowest BCUT2D eigenvalue weighted by molar-refractivity contribution is 0.0190. The summed E-state index contributed by atoms with van der Waals surface area (Å²) < 4.78 is 22.1. The van der Waals surface area contributed by atoms with Gasteiger partial charge in [0.2, 0.25) is 0 Å². The first kappa shape index (κ1) is 18.6. The van der Waals surface area contributed by atoms with Crippen molar-refractivity contribution in [2.24, 2.45) is 15.7 Å². The molecule has 3 saturated carbocycles. The summed E-state index contributed by atoms with van der Waals surface area (Å²) in [7, 11) is -1.27. The van der Waals surface area contributed by atoms with Crippen molar-refractivity contribution in [1.82, 2.24) is 4.98 Å². The lowest BCUT2D eigenvalue weighted by Crippen LogP contribution is -2.38. The van der Waals surface area contributed by atoms with E-state index in [0.717, 1.165) is 24.0 Å². The molecular weight excluding hydrogens is 332 g/mol. The topological polar surface area (TPSA) is 51.5 Å². The van der Waals surface area contributed by atoms with E-state index in [-0.39, 0.29) is 4.75 Å². The van der Waals surface area contributed by atoms with Gasteiger partial charge in [-0.25, -0.2) is 4.21 Å². The van der Waals surface area contributed by atoms with E-state index in [2.05, 4.69) is 9.38 Å². The highest BCUT2D eigenvalue weighted by Crippen LogP contribution is 2.50.